The molecule has 2 nitrogen and oxygen atoms in total. The van der Waals surface area contributed by atoms with E-state index >= 15 is 0 Å². The molecule has 0 radical (unpaired) electrons. The second-order valence-electron chi connectivity index (χ2n) is 5.53. The number of nitrogens with zero attached hydrogens (tertiary/aromatic N) is 2. The normalized spacial score (nSPS) is 11.7. The molecule has 0 spiro atoms. The van der Waals surface area contributed by atoms with Crippen molar-refractivity contribution in [3.05, 3.63) is 34.9 Å². The summed E-state index contributed by atoms with van der Waals surface area (Å²) < 4.78 is 0. The maximum atomic E-state index is 9.21. The van der Waals surface area contributed by atoms with Crippen molar-refractivity contribution in [1.29, 1.82) is 10.5 Å². The van der Waals surface area contributed by atoms with Gasteiger partial charge in [0.1, 0.15) is 0 Å². The van der Waals surface area contributed by atoms with Crippen molar-refractivity contribution in [1.82, 2.24) is 0 Å². The van der Waals surface area contributed by atoms with E-state index in [1.165, 1.54) is 0 Å². The monoisotopic (exact) mass is 260 g/mol. The third kappa shape index (κ3) is 2.84. The van der Waals surface area contributed by atoms with E-state index in [1.807, 2.05) is 45.9 Å². The van der Waals surface area contributed by atoms with Gasteiger partial charge in [-0.2, -0.15) is 10.5 Å². The first kappa shape index (κ1) is 14.6. The van der Waals surface area contributed by atoms with Crippen LogP contribution >= 0.6 is 11.6 Å². The molecule has 0 aliphatic rings. The highest BCUT2D eigenvalue weighted by atomic mass is 35.5. The van der Waals surface area contributed by atoms with Crippen LogP contribution in [-0.2, 0) is 16.7 Å². The molecule has 1 aromatic rings. The molecule has 0 heterocycles. The largest absolute Gasteiger partial charge is 0.197 e. The molecular formula is C15H17ClN2. The molecule has 18 heavy (non-hydrogen) atoms. The summed E-state index contributed by atoms with van der Waals surface area (Å²) in [6.07, 6.45) is 0. The van der Waals surface area contributed by atoms with Crippen LogP contribution in [0.1, 0.15) is 44.4 Å². The zero-order chi connectivity index (χ0) is 14.0. The number of alkyl halides is 1. The molecular weight excluding hydrogens is 244 g/mol. The average Bonchev–Trinajstić information content (AvgIpc) is 2.38. The van der Waals surface area contributed by atoms with Gasteiger partial charge in [0.05, 0.1) is 23.0 Å². The van der Waals surface area contributed by atoms with Gasteiger partial charge in [-0.15, -0.1) is 11.6 Å². The first-order chi connectivity index (χ1) is 8.26. The lowest BCUT2D eigenvalue weighted by atomic mass is 9.79. The minimum Gasteiger partial charge on any atom is -0.197 e. The highest BCUT2D eigenvalue weighted by Gasteiger charge is 2.25. The fourth-order valence-corrected chi connectivity index (χ4v) is 1.77. The number of halogens is 1. The van der Waals surface area contributed by atoms with Crippen LogP contribution in [0.15, 0.2) is 18.2 Å². The van der Waals surface area contributed by atoms with Crippen molar-refractivity contribution in [3.8, 4) is 12.1 Å². The first-order valence-corrected chi connectivity index (χ1v) is 6.33. The molecule has 94 valence electrons. The van der Waals surface area contributed by atoms with E-state index in [4.69, 9.17) is 11.6 Å². The van der Waals surface area contributed by atoms with E-state index in [0.717, 1.165) is 16.7 Å². The Morgan fingerprint density at radius 2 is 1.33 bits per heavy atom. The molecule has 0 fully saturated rings. The molecule has 0 aliphatic heterocycles. The molecule has 0 saturated carbocycles. The topological polar surface area (TPSA) is 47.6 Å². The van der Waals surface area contributed by atoms with E-state index in [0.29, 0.717) is 5.88 Å². The highest BCUT2D eigenvalue weighted by Crippen LogP contribution is 2.30. The van der Waals surface area contributed by atoms with E-state index < -0.39 is 10.8 Å². The highest BCUT2D eigenvalue weighted by molar-refractivity contribution is 6.17. The van der Waals surface area contributed by atoms with Gasteiger partial charge in [0, 0.05) is 5.88 Å². The van der Waals surface area contributed by atoms with Gasteiger partial charge in [-0.3, -0.25) is 0 Å². The minimum atomic E-state index is -0.581. The molecule has 0 amide bonds. The zero-order valence-electron chi connectivity index (χ0n) is 11.2. The number of nitriles is 2. The Morgan fingerprint density at radius 1 is 0.944 bits per heavy atom. The summed E-state index contributed by atoms with van der Waals surface area (Å²) in [6.45, 7) is 7.46. The summed E-state index contributed by atoms with van der Waals surface area (Å²) in [5.41, 5.74) is 1.59. The lowest BCUT2D eigenvalue weighted by Crippen LogP contribution is -2.19. The molecule has 0 atom stereocenters. The van der Waals surface area contributed by atoms with Crippen molar-refractivity contribution >= 4 is 11.6 Å². The summed E-state index contributed by atoms with van der Waals surface area (Å²) in [5, 5.41) is 18.4. The molecule has 0 saturated heterocycles. The molecule has 0 bridgehead atoms. The third-order valence-corrected chi connectivity index (χ3v) is 3.46. The third-order valence-electron chi connectivity index (χ3n) is 3.15. The van der Waals surface area contributed by atoms with E-state index in [2.05, 4.69) is 12.1 Å². The second-order valence-corrected chi connectivity index (χ2v) is 5.79. The van der Waals surface area contributed by atoms with Gasteiger partial charge in [0.25, 0.3) is 0 Å². The van der Waals surface area contributed by atoms with Crippen LogP contribution in [0.4, 0.5) is 0 Å². The maximum absolute atomic E-state index is 9.21. The number of benzene rings is 1. The van der Waals surface area contributed by atoms with Gasteiger partial charge in [-0.05, 0) is 44.4 Å². The Balaban J connectivity index is 3.47. The van der Waals surface area contributed by atoms with Crippen molar-refractivity contribution in [2.45, 2.75) is 44.4 Å². The molecule has 3 heteroatoms. The van der Waals surface area contributed by atoms with Gasteiger partial charge in [-0.1, -0.05) is 18.2 Å². The summed E-state index contributed by atoms with van der Waals surface area (Å²) in [7, 11) is 0. The van der Waals surface area contributed by atoms with Gasteiger partial charge < -0.3 is 0 Å². The standard InChI is InChI=1S/C15H17ClN2/c1-14(2,9-17)12-5-11(8-16)6-13(7-12)15(3,4)10-18/h5-7H,8H2,1-4H3. The second kappa shape index (κ2) is 5.01. The lowest BCUT2D eigenvalue weighted by molar-refractivity contribution is 0.660. The summed E-state index contributed by atoms with van der Waals surface area (Å²) in [4.78, 5) is 0. The first-order valence-electron chi connectivity index (χ1n) is 5.80. The van der Waals surface area contributed by atoms with E-state index in [-0.39, 0.29) is 0 Å². The Morgan fingerprint density at radius 3 is 1.61 bits per heavy atom. The fourth-order valence-electron chi connectivity index (χ4n) is 1.62. The fraction of sp³-hybridized carbons (Fsp3) is 0.467. The van der Waals surface area contributed by atoms with Crippen LogP contribution < -0.4 is 0 Å². The minimum absolute atomic E-state index is 0.379. The van der Waals surface area contributed by atoms with Crippen LogP contribution in [-0.4, -0.2) is 0 Å². The lowest BCUT2D eigenvalue weighted by Gasteiger charge is -2.22. The van der Waals surface area contributed by atoms with Crippen LogP contribution in [0.25, 0.3) is 0 Å². The average molecular weight is 261 g/mol. The van der Waals surface area contributed by atoms with E-state index in [9.17, 15) is 10.5 Å². The number of hydrogen-bond donors (Lipinski definition) is 0. The van der Waals surface area contributed by atoms with Crippen molar-refractivity contribution < 1.29 is 0 Å². The Bertz CT molecular complexity index is 486. The van der Waals surface area contributed by atoms with E-state index in [1.54, 1.807) is 0 Å². The van der Waals surface area contributed by atoms with Crippen molar-refractivity contribution in [3.63, 3.8) is 0 Å². The van der Waals surface area contributed by atoms with Gasteiger partial charge in [0.2, 0.25) is 0 Å². The van der Waals surface area contributed by atoms with Gasteiger partial charge in [0.15, 0.2) is 0 Å². The predicted molar refractivity (Wildman–Crippen MR) is 73.3 cm³/mol. The Hall–Kier alpha value is -1.51. The molecule has 0 N–H and O–H groups in total. The zero-order valence-corrected chi connectivity index (χ0v) is 12.0. The number of rotatable bonds is 3. The van der Waals surface area contributed by atoms with Gasteiger partial charge >= 0.3 is 0 Å². The van der Waals surface area contributed by atoms with Crippen molar-refractivity contribution in [2.75, 3.05) is 0 Å². The summed E-state index contributed by atoms with van der Waals surface area (Å²) in [5.74, 6) is 0.379. The SMILES string of the molecule is CC(C)(C#N)c1cc(CCl)cc(C(C)(C)C#N)c1. The van der Waals surface area contributed by atoms with Crippen LogP contribution in [0.3, 0.4) is 0 Å². The molecule has 1 rings (SSSR count). The summed E-state index contributed by atoms with van der Waals surface area (Å²) >= 11 is 5.89. The smallest absolute Gasteiger partial charge is 0.0766 e. The predicted octanol–water partition coefficient (Wildman–Crippen LogP) is 4.03. The molecule has 0 aromatic heterocycles. The quantitative estimate of drug-likeness (QED) is 0.771. The van der Waals surface area contributed by atoms with Crippen molar-refractivity contribution in [2.24, 2.45) is 0 Å². The molecule has 1 aromatic carbocycles. The molecule has 0 unspecified atom stereocenters. The summed E-state index contributed by atoms with van der Waals surface area (Å²) in [6, 6.07) is 10.4. The van der Waals surface area contributed by atoms with Crippen LogP contribution in [0, 0.1) is 22.7 Å². The Labute approximate surface area is 114 Å². The van der Waals surface area contributed by atoms with Crippen LogP contribution in [0.5, 0.6) is 0 Å². The van der Waals surface area contributed by atoms with Crippen LogP contribution in [0.2, 0.25) is 0 Å². The molecule has 0 aliphatic carbocycles. The number of hydrogen-bond acceptors (Lipinski definition) is 2. The van der Waals surface area contributed by atoms with Gasteiger partial charge in [-0.25, -0.2) is 0 Å². The Kier molecular flexibility index (Phi) is 4.05. The maximum Gasteiger partial charge on any atom is 0.0766 e.